The number of aromatic nitrogens is 2. The Morgan fingerprint density at radius 3 is 2.83 bits per heavy atom. The van der Waals surface area contributed by atoms with Gasteiger partial charge in [-0.3, -0.25) is 4.68 Å². The van der Waals surface area contributed by atoms with E-state index >= 15 is 0 Å². The summed E-state index contributed by atoms with van der Waals surface area (Å²) in [5, 5.41) is 9.96. The molecule has 0 spiro atoms. The molecule has 0 bridgehead atoms. The summed E-state index contributed by atoms with van der Waals surface area (Å²) in [6.45, 7) is 1.91. The van der Waals surface area contributed by atoms with Crippen molar-refractivity contribution in [2.24, 2.45) is 0 Å². The molecule has 1 aromatic heterocycles. The highest BCUT2D eigenvalue weighted by molar-refractivity contribution is 5.89. The second kappa shape index (κ2) is 6.83. The van der Waals surface area contributed by atoms with Gasteiger partial charge in [0, 0.05) is 25.3 Å². The molecule has 6 nitrogen and oxygen atoms in total. The van der Waals surface area contributed by atoms with Crippen LogP contribution in [0, 0.1) is 0 Å². The van der Waals surface area contributed by atoms with Crippen molar-refractivity contribution in [1.82, 2.24) is 15.1 Å². The Morgan fingerprint density at radius 2 is 2.13 bits per heavy atom. The Hall–Kier alpha value is -2.34. The van der Waals surface area contributed by atoms with E-state index in [0.717, 1.165) is 12.8 Å². The number of hydrogen-bond acceptors (Lipinski definition) is 3. The minimum Gasteiger partial charge on any atom is -0.383 e. The first-order chi connectivity index (χ1) is 11.2. The van der Waals surface area contributed by atoms with Crippen molar-refractivity contribution in [2.45, 2.75) is 24.8 Å². The lowest BCUT2D eigenvalue weighted by atomic mass is 9.96. The molecule has 122 valence electrons. The Morgan fingerprint density at radius 1 is 1.35 bits per heavy atom. The molecule has 2 N–H and O–H groups in total. The number of methoxy groups -OCH3 is 1. The quantitative estimate of drug-likeness (QED) is 0.824. The van der Waals surface area contributed by atoms with Gasteiger partial charge < -0.3 is 15.4 Å². The van der Waals surface area contributed by atoms with E-state index in [9.17, 15) is 4.79 Å². The molecule has 3 rings (SSSR count). The number of carbonyl (C=O) groups excluding carboxylic acids is 1. The molecular formula is C17H22N4O2. The maximum Gasteiger partial charge on any atom is 0.319 e. The van der Waals surface area contributed by atoms with Crippen LogP contribution in [-0.2, 0) is 16.7 Å². The van der Waals surface area contributed by atoms with Crippen molar-refractivity contribution in [3.05, 3.63) is 48.3 Å². The van der Waals surface area contributed by atoms with E-state index in [2.05, 4.69) is 27.9 Å². The first kappa shape index (κ1) is 15.6. The third kappa shape index (κ3) is 3.90. The van der Waals surface area contributed by atoms with E-state index in [4.69, 9.17) is 4.74 Å². The van der Waals surface area contributed by atoms with Gasteiger partial charge in [0.15, 0.2) is 0 Å². The molecule has 6 heteroatoms. The van der Waals surface area contributed by atoms with E-state index in [1.54, 1.807) is 24.2 Å². The van der Waals surface area contributed by atoms with Gasteiger partial charge in [-0.05, 0) is 18.4 Å². The number of urea groups is 1. The van der Waals surface area contributed by atoms with Gasteiger partial charge in [0.25, 0.3) is 0 Å². The third-order valence-corrected chi connectivity index (χ3v) is 4.24. The Kier molecular flexibility index (Phi) is 4.62. The fourth-order valence-electron chi connectivity index (χ4n) is 2.67. The molecule has 2 amide bonds. The number of nitrogens with zero attached hydrogens (tertiary/aromatic N) is 2. The predicted octanol–water partition coefficient (Wildman–Crippen LogP) is 2.38. The summed E-state index contributed by atoms with van der Waals surface area (Å²) >= 11 is 0. The van der Waals surface area contributed by atoms with Gasteiger partial charge in [-0.1, -0.05) is 30.3 Å². The number of hydrogen-bond donors (Lipinski definition) is 2. The summed E-state index contributed by atoms with van der Waals surface area (Å²) in [6, 6.07) is 10.2. The number of anilines is 1. The van der Waals surface area contributed by atoms with Gasteiger partial charge in [0.1, 0.15) is 0 Å². The molecule has 1 heterocycles. The molecule has 0 radical (unpaired) electrons. The van der Waals surface area contributed by atoms with Crippen LogP contribution in [0.2, 0.25) is 0 Å². The number of ether oxygens (including phenoxy) is 1. The summed E-state index contributed by atoms with van der Waals surface area (Å²) in [7, 11) is 1.65. The highest BCUT2D eigenvalue weighted by Crippen LogP contribution is 2.47. The molecule has 0 aliphatic heterocycles. The van der Waals surface area contributed by atoms with Crippen molar-refractivity contribution in [3.63, 3.8) is 0 Å². The maximum absolute atomic E-state index is 12.1. The van der Waals surface area contributed by atoms with Crippen LogP contribution >= 0.6 is 0 Å². The summed E-state index contributed by atoms with van der Waals surface area (Å²) in [5.41, 5.74) is 2.09. The molecule has 0 unspecified atom stereocenters. The maximum atomic E-state index is 12.1. The highest BCUT2D eigenvalue weighted by Gasteiger charge is 2.44. The Labute approximate surface area is 135 Å². The van der Waals surface area contributed by atoms with Crippen LogP contribution < -0.4 is 10.6 Å². The van der Waals surface area contributed by atoms with E-state index in [1.807, 2.05) is 18.2 Å². The predicted molar refractivity (Wildman–Crippen MR) is 88.5 cm³/mol. The van der Waals surface area contributed by atoms with Gasteiger partial charge in [0.2, 0.25) is 0 Å². The standard InChI is InChI=1S/C17H22N4O2/c1-23-10-9-21-12-15(11-19-21)20-16(22)18-13-17(7-8-17)14-5-3-2-4-6-14/h2-6,11-12H,7-10,13H2,1H3,(H2,18,20,22). The van der Waals surface area contributed by atoms with E-state index < -0.39 is 0 Å². The average Bonchev–Trinajstić information content (AvgIpc) is 3.25. The van der Waals surface area contributed by atoms with Gasteiger partial charge in [0.05, 0.1) is 25.0 Å². The second-order valence-corrected chi connectivity index (χ2v) is 5.94. The SMILES string of the molecule is COCCn1cc(NC(=O)NCC2(c3ccccc3)CC2)cn1. The molecule has 1 aliphatic rings. The lowest BCUT2D eigenvalue weighted by Gasteiger charge is -2.16. The Bertz CT molecular complexity index is 650. The molecule has 1 saturated carbocycles. The molecule has 1 aromatic carbocycles. The van der Waals surface area contributed by atoms with Crippen LogP contribution in [0.25, 0.3) is 0 Å². The minimum atomic E-state index is -0.196. The van der Waals surface area contributed by atoms with Crippen molar-refractivity contribution in [1.29, 1.82) is 0 Å². The fourth-order valence-corrected chi connectivity index (χ4v) is 2.67. The van der Waals surface area contributed by atoms with Crippen molar-refractivity contribution < 1.29 is 9.53 Å². The number of nitrogens with one attached hydrogen (secondary N) is 2. The number of carbonyl (C=O) groups is 1. The molecule has 1 fully saturated rings. The van der Waals surface area contributed by atoms with Crippen LogP contribution in [-0.4, -0.2) is 36.1 Å². The van der Waals surface area contributed by atoms with Crippen molar-refractivity contribution >= 4 is 11.7 Å². The lowest BCUT2D eigenvalue weighted by Crippen LogP contribution is -2.35. The molecule has 0 saturated heterocycles. The van der Waals surface area contributed by atoms with Gasteiger partial charge in [-0.25, -0.2) is 4.79 Å². The summed E-state index contributed by atoms with van der Waals surface area (Å²) in [4.78, 5) is 12.1. The van der Waals surface area contributed by atoms with Crippen molar-refractivity contribution in [3.8, 4) is 0 Å². The lowest BCUT2D eigenvalue weighted by molar-refractivity contribution is 0.183. The first-order valence-electron chi connectivity index (χ1n) is 7.84. The number of rotatable bonds is 7. The molecule has 2 aromatic rings. The Balaban J connectivity index is 1.49. The summed E-state index contributed by atoms with van der Waals surface area (Å²) in [6.07, 6.45) is 5.67. The normalized spacial score (nSPS) is 15.2. The van der Waals surface area contributed by atoms with E-state index in [1.165, 1.54) is 5.56 Å². The zero-order valence-electron chi connectivity index (χ0n) is 13.3. The number of benzene rings is 1. The van der Waals surface area contributed by atoms with E-state index in [-0.39, 0.29) is 11.4 Å². The molecule has 0 atom stereocenters. The highest BCUT2D eigenvalue weighted by atomic mass is 16.5. The molecular weight excluding hydrogens is 292 g/mol. The minimum absolute atomic E-state index is 0.112. The first-order valence-corrected chi connectivity index (χ1v) is 7.84. The van der Waals surface area contributed by atoms with Crippen molar-refractivity contribution in [2.75, 3.05) is 25.6 Å². The van der Waals surface area contributed by atoms with Gasteiger partial charge >= 0.3 is 6.03 Å². The van der Waals surface area contributed by atoms with Gasteiger partial charge in [-0.2, -0.15) is 5.10 Å². The monoisotopic (exact) mass is 314 g/mol. The van der Waals surface area contributed by atoms with Gasteiger partial charge in [-0.15, -0.1) is 0 Å². The topological polar surface area (TPSA) is 68.2 Å². The fraction of sp³-hybridized carbons (Fsp3) is 0.412. The van der Waals surface area contributed by atoms with Crippen LogP contribution in [0.5, 0.6) is 0 Å². The summed E-state index contributed by atoms with van der Waals surface area (Å²) in [5.74, 6) is 0. The van der Waals surface area contributed by atoms with E-state index in [0.29, 0.717) is 25.4 Å². The smallest absolute Gasteiger partial charge is 0.319 e. The molecule has 1 aliphatic carbocycles. The van der Waals surface area contributed by atoms with Crippen LogP contribution in [0.3, 0.4) is 0 Å². The van der Waals surface area contributed by atoms with Crippen LogP contribution in [0.1, 0.15) is 18.4 Å². The molecule has 23 heavy (non-hydrogen) atoms. The average molecular weight is 314 g/mol. The number of amides is 2. The third-order valence-electron chi connectivity index (χ3n) is 4.24. The van der Waals surface area contributed by atoms with Crippen LogP contribution in [0.15, 0.2) is 42.7 Å². The zero-order chi connectivity index (χ0) is 16.1. The second-order valence-electron chi connectivity index (χ2n) is 5.94. The zero-order valence-corrected chi connectivity index (χ0v) is 13.3. The summed E-state index contributed by atoms with van der Waals surface area (Å²) < 4.78 is 6.74. The largest absolute Gasteiger partial charge is 0.383 e. The van der Waals surface area contributed by atoms with Crippen LogP contribution in [0.4, 0.5) is 10.5 Å².